The van der Waals surface area contributed by atoms with E-state index >= 15 is 0 Å². The monoisotopic (exact) mass is 661 g/mol. The van der Waals surface area contributed by atoms with Crippen LogP contribution >= 0.6 is 0 Å². The minimum absolute atomic E-state index is 0.281. The lowest BCUT2D eigenvalue weighted by Gasteiger charge is -2.32. The predicted octanol–water partition coefficient (Wildman–Crippen LogP) is 6.02. The van der Waals surface area contributed by atoms with Crippen LogP contribution in [0.5, 0.6) is 0 Å². The van der Waals surface area contributed by atoms with Gasteiger partial charge in [-0.3, -0.25) is 9.59 Å². The highest BCUT2D eigenvalue weighted by Crippen LogP contribution is 2.15. The number of aliphatic hydroxyl groups excluding tert-OH is 4. The van der Waals surface area contributed by atoms with Crippen molar-refractivity contribution in [3.63, 3.8) is 0 Å². The molecule has 0 bridgehead atoms. The van der Waals surface area contributed by atoms with E-state index in [1.165, 1.54) is 103 Å². The summed E-state index contributed by atoms with van der Waals surface area (Å²) in [7, 11) is 0. The van der Waals surface area contributed by atoms with Gasteiger partial charge in [0.25, 0.3) is 0 Å². The van der Waals surface area contributed by atoms with Crippen LogP contribution in [0.4, 0.5) is 0 Å². The van der Waals surface area contributed by atoms with Crippen molar-refractivity contribution < 1.29 is 39.8 Å². The second-order valence-electron chi connectivity index (χ2n) is 13.4. The fourth-order valence-corrected chi connectivity index (χ4v) is 5.44. The van der Waals surface area contributed by atoms with Gasteiger partial charge in [-0.2, -0.15) is 0 Å². The van der Waals surface area contributed by atoms with Crippen molar-refractivity contribution in [2.24, 2.45) is 0 Å². The average molecular weight is 661 g/mol. The van der Waals surface area contributed by atoms with Crippen LogP contribution < -0.4 is 10.6 Å². The fraction of sp³-hybridized carbons (Fsp3) is 0.944. The van der Waals surface area contributed by atoms with Crippen LogP contribution in [0.1, 0.15) is 168 Å². The van der Waals surface area contributed by atoms with Crippen LogP contribution in [0.3, 0.4) is 0 Å². The lowest BCUT2D eigenvalue weighted by atomic mass is 10.0. The summed E-state index contributed by atoms with van der Waals surface area (Å²) in [6, 6.07) is 0. The molecule has 0 aromatic rings. The molecule has 10 nitrogen and oxygen atoms in total. The first-order chi connectivity index (χ1) is 22.4. The molecule has 0 heterocycles. The van der Waals surface area contributed by atoms with E-state index in [4.69, 9.17) is 9.78 Å². The molecule has 0 aromatic heterocycles. The van der Waals surface area contributed by atoms with E-state index in [9.17, 15) is 30.0 Å². The second-order valence-corrected chi connectivity index (χ2v) is 13.4. The average Bonchev–Trinajstić information content (AvgIpc) is 3.06. The number of amides is 2. The molecule has 0 fully saturated rings. The number of rotatable bonds is 35. The second kappa shape index (κ2) is 31.0. The maximum Gasteiger partial charge on any atom is 0.220 e. The van der Waals surface area contributed by atoms with Gasteiger partial charge in [-0.1, -0.05) is 142 Å². The fourth-order valence-electron chi connectivity index (χ4n) is 5.44. The van der Waals surface area contributed by atoms with Gasteiger partial charge in [0.15, 0.2) is 0 Å². The van der Waals surface area contributed by atoms with Gasteiger partial charge in [-0.05, 0) is 12.8 Å². The van der Waals surface area contributed by atoms with Gasteiger partial charge in [0.1, 0.15) is 24.3 Å². The van der Waals surface area contributed by atoms with E-state index in [-0.39, 0.29) is 37.9 Å². The summed E-state index contributed by atoms with van der Waals surface area (Å²) in [4.78, 5) is 35.4. The van der Waals surface area contributed by atoms with Gasteiger partial charge in [0.2, 0.25) is 11.8 Å². The van der Waals surface area contributed by atoms with Crippen molar-refractivity contribution in [2.75, 3.05) is 39.6 Å². The van der Waals surface area contributed by atoms with Gasteiger partial charge in [-0.25, -0.2) is 9.78 Å². The largest absolute Gasteiger partial charge is 0.394 e. The molecule has 0 aliphatic heterocycles. The van der Waals surface area contributed by atoms with Gasteiger partial charge in [-0.15, -0.1) is 0 Å². The summed E-state index contributed by atoms with van der Waals surface area (Å²) in [5.41, 5.74) is -2.90. The molecule has 0 unspecified atom stereocenters. The summed E-state index contributed by atoms with van der Waals surface area (Å²) >= 11 is 0. The quantitative estimate of drug-likeness (QED) is 0.0274. The van der Waals surface area contributed by atoms with Crippen LogP contribution in [-0.4, -0.2) is 83.0 Å². The van der Waals surface area contributed by atoms with Crippen LogP contribution in [0, 0.1) is 0 Å². The summed E-state index contributed by atoms with van der Waals surface area (Å²) in [6.07, 6.45) is 26.5. The van der Waals surface area contributed by atoms with Crippen molar-refractivity contribution >= 4 is 11.8 Å². The Kier molecular flexibility index (Phi) is 30.1. The highest BCUT2D eigenvalue weighted by Gasteiger charge is 2.34. The van der Waals surface area contributed by atoms with Crippen molar-refractivity contribution in [2.45, 2.75) is 179 Å². The summed E-state index contributed by atoms with van der Waals surface area (Å²) in [5, 5.41) is 45.0. The number of nitrogens with one attached hydrogen (secondary N) is 2. The summed E-state index contributed by atoms with van der Waals surface area (Å²) < 4.78 is 0. The molecule has 0 spiro atoms. The Labute approximate surface area is 280 Å². The normalized spacial score (nSPS) is 12.0. The first-order valence-corrected chi connectivity index (χ1v) is 18.7. The molecule has 0 radical (unpaired) electrons. The predicted molar refractivity (Wildman–Crippen MR) is 184 cm³/mol. The molecule has 0 atom stereocenters. The molecule has 6 N–H and O–H groups in total. The molecular weight excluding hydrogens is 588 g/mol. The molecule has 10 heteroatoms. The first-order valence-electron chi connectivity index (χ1n) is 18.7. The standard InChI is InChI=1S/C36H72N2O8/c1-3-5-7-9-11-13-15-17-19-21-23-25-33(43)37-35(27-39,28-40)31-45-46-32-36(29-41,30-42)38-34(44)26-24-22-20-18-16-14-12-10-8-6-4-2/h39-42H,3-32H2,1-2H3,(H,37,43)(H,38,44). The van der Waals surface area contributed by atoms with E-state index in [0.29, 0.717) is 0 Å². The van der Waals surface area contributed by atoms with E-state index in [0.717, 1.165) is 38.5 Å². The Balaban J connectivity index is 4.27. The zero-order valence-electron chi connectivity index (χ0n) is 29.6. The minimum Gasteiger partial charge on any atom is -0.394 e. The number of carbonyl (C=O) groups is 2. The smallest absolute Gasteiger partial charge is 0.220 e. The Morgan fingerprint density at radius 1 is 0.435 bits per heavy atom. The number of carbonyl (C=O) groups excluding carboxylic acids is 2. The van der Waals surface area contributed by atoms with Gasteiger partial charge >= 0.3 is 0 Å². The summed E-state index contributed by atoms with van der Waals surface area (Å²) in [5.74, 6) is -0.588. The maximum atomic E-state index is 12.5. The third-order valence-corrected chi connectivity index (χ3v) is 8.79. The molecule has 0 saturated carbocycles. The van der Waals surface area contributed by atoms with Gasteiger partial charge in [0.05, 0.1) is 26.4 Å². The Hall–Kier alpha value is -1.30. The van der Waals surface area contributed by atoms with E-state index in [1.807, 2.05) is 0 Å². The molecule has 0 aliphatic rings. The topological polar surface area (TPSA) is 158 Å². The molecule has 46 heavy (non-hydrogen) atoms. The van der Waals surface area contributed by atoms with E-state index < -0.39 is 37.5 Å². The van der Waals surface area contributed by atoms with Gasteiger partial charge < -0.3 is 31.1 Å². The lowest BCUT2D eigenvalue weighted by Crippen LogP contribution is -2.59. The van der Waals surface area contributed by atoms with Crippen LogP contribution in [0.2, 0.25) is 0 Å². The lowest BCUT2D eigenvalue weighted by molar-refractivity contribution is -0.318. The number of hydrogen-bond donors (Lipinski definition) is 6. The zero-order chi connectivity index (χ0) is 34.2. The van der Waals surface area contributed by atoms with Crippen LogP contribution in [0.15, 0.2) is 0 Å². The zero-order valence-corrected chi connectivity index (χ0v) is 29.6. The van der Waals surface area contributed by atoms with Gasteiger partial charge in [0, 0.05) is 12.8 Å². The minimum atomic E-state index is -1.45. The Morgan fingerprint density at radius 3 is 0.913 bits per heavy atom. The van der Waals surface area contributed by atoms with Crippen molar-refractivity contribution in [1.29, 1.82) is 0 Å². The van der Waals surface area contributed by atoms with E-state index in [2.05, 4.69) is 24.5 Å². The molecule has 0 rings (SSSR count). The van der Waals surface area contributed by atoms with Crippen molar-refractivity contribution in [3.05, 3.63) is 0 Å². The third kappa shape index (κ3) is 23.9. The van der Waals surface area contributed by atoms with E-state index in [1.54, 1.807) is 0 Å². The molecule has 2 amide bonds. The highest BCUT2D eigenvalue weighted by molar-refractivity contribution is 5.77. The molecule has 0 saturated heterocycles. The molecular formula is C36H72N2O8. The van der Waals surface area contributed by atoms with Crippen LogP contribution in [0.25, 0.3) is 0 Å². The molecule has 0 aliphatic carbocycles. The third-order valence-electron chi connectivity index (χ3n) is 8.79. The number of unbranched alkanes of at least 4 members (excludes halogenated alkanes) is 20. The highest BCUT2D eigenvalue weighted by atomic mass is 17.2. The number of aliphatic hydroxyl groups is 4. The summed E-state index contributed by atoms with van der Waals surface area (Å²) in [6.45, 7) is 1.45. The van der Waals surface area contributed by atoms with Crippen LogP contribution in [-0.2, 0) is 19.4 Å². The van der Waals surface area contributed by atoms with Crippen molar-refractivity contribution in [1.82, 2.24) is 10.6 Å². The number of hydrogen-bond acceptors (Lipinski definition) is 8. The first kappa shape index (κ1) is 44.7. The molecule has 0 aromatic carbocycles. The molecule has 274 valence electrons. The maximum absolute atomic E-state index is 12.5. The van der Waals surface area contributed by atoms with Crippen molar-refractivity contribution in [3.8, 4) is 0 Å². The SMILES string of the molecule is CCCCCCCCCCCCCC(=O)NC(CO)(CO)COOCC(CO)(CO)NC(=O)CCCCCCCCCCCCC. The Morgan fingerprint density at radius 2 is 0.674 bits per heavy atom. The Bertz CT molecular complexity index is 643.